The lowest BCUT2D eigenvalue weighted by atomic mass is 9.95. The molecule has 0 saturated heterocycles. The monoisotopic (exact) mass is 192 g/mol. The van der Waals surface area contributed by atoms with Crippen molar-refractivity contribution >= 4 is 5.78 Å². The number of carbonyl (C=O) groups excluding carboxylic acids is 1. The van der Waals surface area contributed by atoms with Gasteiger partial charge in [-0.2, -0.15) is 0 Å². The Bertz CT molecular complexity index is 371. The fraction of sp³-hybridized carbons (Fsp3) is 0.417. The largest absolute Gasteiger partial charge is 0.299 e. The van der Waals surface area contributed by atoms with Crippen molar-refractivity contribution in [1.82, 2.24) is 0 Å². The summed E-state index contributed by atoms with van der Waals surface area (Å²) in [5.41, 5.74) is 1.48. The molecule has 0 radical (unpaired) electrons. The van der Waals surface area contributed by atoms with Crippen LogP contribution < -0.4 is 0 Å². The zero-order valence-corrected chi connectivity index (χ0v) is 8.22. The molecule has 0 aliphatic heterocycles. The highest BCUT2D eigenvalue weighted by Crippen LogP contribution is 2.32. The van der Waals surface area contributed by atoms with E-state index in [1.165, 1.54) is 6.07 Å². The lowest BCUT2D eigenvalue weighted by Gasteiger charge is -2.09. The van der Waals surface area contributed by atoms with Crippen LogP contribution in [0.4, 0.5) is 4.39 Å². The summed E-state index contributed by atoms with van der Waals surface area (Å²) in [6.07, 6.45) is 2.31. The summed E-state index contributed by atoms with van der Waals surface area (Å²) in [5, 5.41) is 0. The molecule has 0 amide bonds. The normalized spacial score (nSPS) is 21.6. The molecule has 0 aromatic heterocycles. The maximum absolute atomic E-state index is 13.5. The molecule has 0 heterocycles. The van der Waals surface area contributed by atoms with E-state index < -0.39 is 0 Å². The molecule has 2 rings (SSSR count). The van der Waals surface area contributed by atoms with Gasteiger partial charge in [-0.3, -0.25) is 4.79 Å². The van der Waals surface area contributed by atoms with Crippen LogP contribution in [0, 0.1) is 12.7 Å². The molecule has 0 N–H and O–H groups in total. The van der Waals surface area contributed by atoms with Gasteiger partial charge in [0.2, 0.25) is 0 Å². The number of ketones is 1. The van der Waals surface area contributed by atoms with Crippen LogP contribution in [0.2, 0.25) is 0 Å². The van der Waals surface area contributed by atoms with Gasteiger partial charge in [0.1, 0.15) is 11.6 Å². The first-order valence-electron chi connectivity index (χ1n) is 4.97. The zero-order valence-electron chi connectivity index (χ0n) is 8.22. The van der Waals surface area contributed by atoms with Crippen LogP contribution in [-0.4, -0.2) is 5.78 Å². The molecule has 0 spiro atoms. The van der Waals surface area contributed by atoms with Crippen molar-refractivity contribution in [1.29, 1.82) is 0 Å². The Labute approximate surface area is 82.9 Å². The van der Waals surface area contributed by atoms with Crippen LogP contribution in [0.3, 0.4) is 0 Å². The van der Waals surface area contributed by atoms with Gasteiger partial charge in [-0.25, -0.2) is 4.39 Å². The summed E-state index contributed by atoms with van der Waals surface area (Å²) in [6, 6.07) is 5.11. The Balaban J connectivity index is 2.36. The molecule has 1 aromatic rings. The van der Waals surface area contributed by atoms with E-state index in [2.05, 4.69) is 0 Å². The second kappa shape index (κ2) is 3.52. The van der Waals surface area contributed by atoms with Crippen LogP contribution in [0.25, 0.3) is 0 Å². The van der Waals surface area contributed by atoms with E-state index in [-0.39, 0.29) is 17.5 Å². The maximum atomic E-state index is 13.5. The van der Waals surface area contributed by atoms with E-state index in [1.807, 2.05) is 13.0 Å². The first-order chi connectivity index (χ1) is 6.68. The minimum atomic E-state index is -0.231. The molecule has 1 saturated carbocycles. The Kier molecular flexibility index (Phi) is 2.36. The second-order valence-electron chi connectivity index (χ2n) is 3.94. The van der Waals surface area contributed by atoms with E-state index in [4.69, 9.17) is 0 Å². The number of rotatable bonds is 1. The number of hydrogen-bond donors (Lipinski definition) is 0. The summed E-state index contributed by atoms with van der Waals surface area (Å²) in [6.45, 7) is 1.85. The van der Waals surface area contributed by atoms with E-state index in [0.29, 0.717) is 12.0 Å². The van der Waals surface area contributed by atoms with Gasteiger partial charge in [0.25, 0.3) is 0 Å². The van der Waals surface area contributed by atoms with Gasteiger partial charge in [0.15, 0.2) is 0 Å². The predicted octanol–water partition coefficient (Wildman–Crippen LogP) is 2.97. The van der Waals surface area contributed by atoms with Gasteiger partial charge in [0, 0.05) is 12.3 Å². The highest BCUT2D eigenvalue weighted by Gasteiger charge is 2.27. The summed E-state index contributed by atoms with van der Waals surface area (Å²) in [4.78, 5) is 11.4. The van der Waals surface area contributed by atoms with Crippen LogP contribution in [0.5, 0.6) is 0 Å². The molecule has 74 valence electrons. The first kappa shape index (κ1) is 9.38. The Morgan fingerprint density at radius 1 is 1.43 bits per heavy atom. The van der Waals surface area contributed by atoms with E-state index in [1.54, 1.807) is 6.07 Å². The summed E-state index contributed by atoms with van der Waals surface area (Å²) in [7, 11) is 0. The highest BCUT2D eigenvalue weighted by atomic mass is 19.1. The topological polar surface area (TPSA) is 17.1 Å². The SMILES string of the molecule is Cc1ccc(C2CCCC2=O)c(F)c1. The van der Waals surface area contributed by atoms with Crippen molar-refractivity contribution in [3.05, 3.63) is 35.1 Å². The molecule has 0 bridgehead atoms. The number of Topliss-reactive ketones (excluding diaryl/α,β-unsaturated/α-hetero) is 1. The van der Waals surface area contributed by atoms with Crippen LogP contribution in [0.15, 0.2) is 18.2 Å². The number of halogens is 1. The van der Waals surface area contributed by atoms with Crippen molar-refractivity contribution in [2.24, 2.45) is 0 Å². The Hall–Kier alpha value is -1.18. The lowest BCUT2D eigenvalue weighted by Crippen LogP contribution is -2.06. The van der Waals surface area contributed by atoms with Crippen molar-refractivity contribution in [2.75, 3.05) is 0 Å². The number of aryl methyl sites for hydroxylation is 1. The van der Waals surface area contributed by atoms with Crippen molar-refractivity contribution in [3.63, 3.8) is 0 Å². The third-order valence-electron chi connectivity index (χ3n) is 2.84. The van der Waals surface area contributed by atoms with Crippen LogP contribution in [0.1, 0.15) is 36.3 Å². The summed E-state index contributed by atoms with van der Waals surface area (Å²) in [5.74, 6) is -0.228. The molecule has 1 aliphatic rings. The highest BCUT2D eigenvalue weighted by molar-refractivity contribution is 5.87. The fourth-order valence-corrected chi connectivity index (χ4v) is 2.06. The smallest absolute Gasteiger partial charge is 0.140 e. The van der Waals surface area contributed by atoms with Gasteiger partial charge in [-0.15, -0.1) is 0 Å². The van der Waals surface area contributed by atoms with Gasteiger partial charge >= 0.3 is 0 Å². The molecule has 1 fully saturated rings. The minimum absolute atomic E-state index is 0.185. The number of carbonyl (C=O) groups is 1. The third kappa shape index (κ3) is 1.57. The minimum Gasteiger partial charge on any atom is -0.299 e. The quantitative estimate of drug-likeness (QED) is 0.668. The van der Waals surface area contributed by atoms with Crippen molar-refractivity contribution in [3.8, 4) is 0 Å². The molecule has 1 atom stereocenters. The molecular formula is C12H13FO. The standard InChI is InChI=1S/C12H13FO/c1-8-5-6-9(11(13)7-8)10-3-2-4-12(10)14/h5-7,10H,2-4H2,1H3. The van der Waals surface area contributed by atoms with E-state index >= 15 is 0 Å². The summed E-state index contributed by atoms with van der Waals surface area (Å²) < 4.78 is 13.5. The van der Waals surface area contributed by atoms with Crippen LogP contribution >= 0.6 is 0 Å². The summed E-state index contributed by atoms with van der Waals surface area (Å²) >= 11 is 0. The van der Waals surface area contributed by atoms with Crippen LogP contribution in [-0.2, 0) is 4.79 Å². The van der Waals surface area contributed by atoms with Crippen molar-refractivity contribution < 1.29 is 9.18 Å². The van der Waals surface area contributed by atoms with Gasteiger partial charge < -0.3 is 0 Å². The third-order valence-corrected chi connectivity index (χ3v) is 2.84. The lowest BCUT2D eigenvalue weighted by molar-refractivity contribution is -0.118. The zero-order chi connectivity index (χ0) is 10.1. The average Bonchev–Trinajstić information content (AvgIpc) is 2.52. The molecule has 2 heteroatoms. The Morgan fingerprint density at radius 3 is 2.79 bits per heavy atom. The first-order valence-corrected chi connectivity index (χ1v) is 4.97. The average molecular weight is 192 g/mol. The van der Waals surface area contributed by atoms with Gasteiger partial charge in [-0.05, 0) is 37.0 Å². The number of hydrogen-bond acceptors (Lipinski definition) is 1. The molecule has 1 nitrogen and oxygen atoms in total. The van der Waals surface area contributed by atoms with E-state index in [9.17, 15) is 9.18 Å². The van der Waals surface area contributed by atoms with Crippen molar-refractivity contribution in [2.45, 2.75) is 32.1 Å². The molecular weight excluding hydrogens is 179 g/mol. The second-order valence-corrected chi connectivity index (χ2v) is 3.94. The van der Waals surface area contributed by atoms with Gasteiger partial charge in [0.05, 0.1) is 0 Å². The molecule has 14 heavy (non-hydrogen) atoms. The molecule has 1 aromatic carbocycles. The fourth-order valence-electron chi connectivity index (χ4n) is 2.06. The van der Waals surface area contributed by atoms with Gasteiger partial charge in [-0.1, -0.05) is 12.1 Å². The number of benzene rings is 1. The van der Waals surface area contributed by atoms with E-state index in [0.717, 1.165) is 18.4 Å². The maximum Gasteiger partial charge on any atom is 0.140 e. The molecule has 1 unspecified atom stereocenters. The molecule has 1 aliphatic carbocycles. The Morgan fingerprint density at radius 2 is 2.21 bits per heavy atom. The predicted molar refractivity (Wildman–Crippen MR) is 52.7 cm³/mol.